The van der Waals surface area contributed by atoms with Crippen LogP contribution in [-0.4, -0.2) is 63.0 Å². The molecular formula is C15H17F3N6. The molecule has 2 aliphatic rings. The van der Waals surface area contributed by atoms with Crippen LogP contribution in [0.5, 0.6) is 0 Å². The van der Waals surface area contributed by atoms with Gasteiger partial charge < -0.3 is 4.90 Å². The summed E-state index contributed by atoms with van der Waals surface area (Å²) in [6.45, 7) is 0.194. The number of piperazine rings is 1. The third-order valence-corrected chi connectivity index (χ3v) is 4.73. The molecule has 0 aliphatic carbocycles. The van der Waals surface area contributed by atoms with Crippen LogP contribution >= 0.6 is 0 Å². The Morgan fingerprint density at radius 1 is 1.04 bits per heavy atom. The fourth-order valence-electron chi connectivity index (χ4n) is 3.73. The summed E-state index contributed by atoms with van der Waals surface area (Å²) in [4.78, 5) is 3.59. The molecule has 0 saturated carbocycles. The zero-order chi connectivity index (χ0) is 16.7. The van der Waals surface area contributed by atoms with Crippen LogP contribution in [-0.2, 0) is 0 Å². The molecule has 128 valence electrons. The minimum Gasteiger partial charge on any atom is -0.336 e. The minimum absolute atomic E-state index is 0.105. The van der Waals surface area contributed by atoms with E-state index in [9.17, 15) is 13.2 Å². The van der Waals surface area contributed by atoms with Crippen molar-refractivity contribution in [3.63, 3.8) is 0 Å². The van der Waals surface area contributed by atoms with Crippen molar-refractivity contribution in [3.05, 3.63) is 30.3 Å². The van der Waals surface area contributed by atoms with Gasteiger partial charge in [0.15, 0.2) is 0 Å². The Kier molecular flexibility index (Phi) is 3.67. The fraction of sp³-hybridized carbons (Fsp3) is 0.533. The van der Waals surface area contributed by atoms with Crippen molar-refractivity contribution in [2.24, 2.45) is 0 Å². The molecule has 2 bridgehead atoms. The summed E-state index contributed by atoms with van der Waals surface area (Å²) in [6, 6.07) is 9.28. The van der Waals surface area contributed by atoms with Crippen molar-refractivity contribution in [1.29, 1.82) is 0 Å². The van der Waals surface area contributed by atoms with E-state index in [0.717, 1.165) is 18.5 Å². The van der Waals surface area contributed by atoms with Crippen LogP contribution in [0.1, 0.15) is 12.8 Å². The first-order valence-corrected chi connectivity index (χ1v) is 7.92. The first-order valence-electron chi connectivity index (χ1n) is 7.92. The molecule has 0 radical (unpaired) electrons. The zero-order valence-electron chi connectivity index (χ0n) is 12.9. The van der Waals surface area contributed by atoms with Crippen molar-refractivity contribution in [3.8, 4) is 5.69 Å². The predicted octanol–water partition coefficient (Wildman–Crippen LogP) is 1.88. The van der Waals surface area contributed by atoms with Crippen LogP contribution in [0.3, 0.4) is 0 Å². The Bertz CT molecular complexity index is 687. The van der Waals surface area contributed by atoms with E-state index in [0.29, 0.717) is 19.0 Å². The summed E-state index contributed by atoms with van der Waals surface area (Å²) in [6.07, 6.45) is -2.59. The number of alkyl halides is 3. The zero-order valence-corrected chi connectivity index (χ0v) is 12.9. The molecule has 3 heterocycles. The maximum Gasteiger partial charge on any atom is 0.401 e. The normalized spacial score (nSPS) is 24.5. The van der Waals surface area contributed by atoms with Crippen LogP contribution in [0.4, 0.5) is 19.1 Å². The summed E-state index contributed by atoms with van der Waals surface area (Å²) in [5, 5.41) is 11.9. The topological polar surface area (TPSA) is 50.1 Å². The summed E-state index contributed by atoms with van der Waals surface area (Å²) < 4.78 is 40.0. The second kappa shape index (κ2) is 5.73. The van der Waals surface area contributed by atoms with Gasteiger partial charge in [-0.1, -0.05) is 23.3 Å². The SMILES string of the molecule is FC(F)(F)CN1C2CCC1CN(c1nnnn1-c1ccccc1)C2. The largest absolute Gasteiger partial charge is 0.401 e. The van der Waals surface area contributed by atoms with E-state index in [1.807, 2.05) is 35.2 Å². The fourth-order valence-corrected chi connectivity index (χ4v) is 3.73. The van der Waals surface area contributed by atoms with Crippen LogP contribution in [0, 0.1) is 0 Å². The molecule has 0 amide bonds. The third kappa shape index (κ3) is 2.83. The van der Waals surface area contributed by atoms with Gasteiger partial charge in [-0.15, -0.1) is 0 Å². The molecule has 6 nitrogen and oxygen atoms in total. The lowest BCUT2D eigenvalue weighted by atomic mass is 10.2. The van der Waals surface area contributed by atoms with E-state index in [2.05, 4.69) is 15.5 Å². The first-order chi connectivity index (χ1) is 11.5. The highest BCUT2D eigenvalue weighted by molar-refractivity contribution is 5.41. The Balaban J connectivity index is 1.56. The second-order valence-corrected chi connectivity index (χ2v) is 6.30. The summed E-state index contributed by atoms with van der Waals surface area (Å²) in [5.41, 5.74) is 0.836. The van der Waals surface area contributed by atoms with Crippen molar-refractivity contribution < 1.29 is 13.2 Å². The molecule has 24 heavy (non-hydrogen) atoms. The molecule has 1 aromatic heterocycles. The summed E-state index contributed by atoms with van der Waals surface area (Å²) >= 11 is 0. The number of fused-ring (bicyclic) bond motifs is 2. The summed E-state index contributed by atoms with van der Waals surface area (Å²) in [5.74, 6) is 0.588. The molecule has 2 unspecified atom stereocenters. The molecule has 2 saturated heterocycles. The van der Waals surface area contributed by atoms with Crippen molar-refractivity contribution >= 4 is 5.95 Å². The molecule has 1 aromatic carbocycles. The van der Waals surface area contributed by atoms with Gasteiger partial charge in [0.25, 0.3) is 0 Å². The number of hydrogen-bond donors (Lipinski definition) is 0. The average molecular weight is 338 g/mol. The van der Waals surface area contributed by atoms with Crippen LogP contribution in [0.15, 0.2) is 30.3 Å². The van der Waals surface area contributed by atoms with E-state index >= 15 is 0 Å². The Morgan fingerprint density at radius 2 is 1.71 bits per heavy atom. The van der Waals surface area contributed by atoms with Crippen LogP contribution < -0.4 is 4.90 Å². The molecule has 9 heteroatoms. The smallest absolute Gasteiger partial charge is 0.336 e. The van der Waals surface area contributed by atoms with Crippen LogP contribution in [0.2, 0.25) is 0 Å². The van der Waals surface area contributed by atoms with Gasteiger partial charge in [-0.05, 0) is 35.4 Å². The van der Waals surface area contributed by atoms with Gasteiger partial charge in [0, 0.05) is 25.2 Å². The number of nitrogens with zero attached hydrogens (tertiary/aromatic N) is 6. The van der Waals surface area contributed by atoms with Crippen molar-refractivity contribution in [2.45, 2.75) is 31.1 Å². The van der Waals surface area contributed by atoms with Crippen molar-refractivity contribution in [2.75, 3.05) is 24.5 Å². The minimum atomic E-state index is -4.16. The van der Waals surface area contributed by atoms with Gasteiger partial charge in [0.2, 0.25) is 5.95 Å². The number of benzene rings is 1. The number of aromatic nitrogens is 4. The molecule has 0 N–H and O–H groups in total. The van der Waals surface area contributed by atoms with Gasteiger partial charge in [-0.3, -0.25) is 4.90 Å². The highest BCUT2D eigenvalue weighted by atomic mass is 19.4. The van der Waals surface area contributed by atoms with Gasteiger partial charge in [0.1, 0.15) is 0 Å². The Morgan fingerprint density at radius 3 is 2.33 bits per heavy atom. The molecule has 4 rings (SSSR count). The number of anilines is 1. The number of rotatable bonds is 3. The number of para-hydroxylation sites is 1. The highest BCUT2D eigenvalue weighted by Gasteiger charge is 2.45. The second-order valence-electron chi connectivity index (χ2n) is 6.30. The van der Waals surface area contributed by atoms with E-state index < -0.39 is 12.7 Å². The van der Waals surface area contributed by atoms with E-state index in [1.165, 1.54) is 0 Å². The molecule has 0 spiro atoms. The van der Waals surface area contributed by atoms with Gasteiger partial charge in [0.05, 0.1) is 12.2 Å². The predicted molar refractivity (Wildman–Crippen MR) is 80.9 cm³/mol. The van der Waals surface area contributed by atoms with Crippen LogP contribution in [0.25, 0.3) is 5.69 Å². The van der Waals surface area contributed by atoms with Crippen molar-refractivity contribution in [1.82, 2.24) is 25.1 Å². The van der Waals surface area contributed by atoms with Gasteiger partial charge in [-0.25, -0.2) is 0 Å². The quantitative estimate of drug-likeness (QED) is 0.855. The van der Waals surface area contributed by atoms with E-state index in [1.54, 1.807) is 9.58 Å². The number of tetrazole rings is 1. The number of hydrogen-bond acceptors (Lipinski definition) is 5. The lowest BCUT2D eigenvalue weighted by Gasteiger charge is -2.41. The highest BCUT2D eigenvalue weighted by Crippen LogP contribution is 2.34. The molecule has 2 aliphatic heterocycles. The molecule has 2 atom stereocenters. The summed E-state index contributed by atoms with van der Waals surface area (Å²) in [7, 11) is 0. The van der Waals surface area contributed by atoms with Gasteiger partial charge in [-0.2, -0.15) is 17.9 Å². The third-order valence-electron chi connectivity index (χ3n) is 4.73. The maximum absolute atomic E-state index is 12.8. The lowest BCUT2D eigenvalue weighted by molar-refractivity contribution is -0.153. The maximum atomic E-state index is 12.8. The Labute approximate surface area is 136 Å². The first kappa shape index (κ1) is 15.4. The molecule has 2 fully saturated rings. The van der Waals surface area contributed by atoms with E-state index in [4.69, 9.17) is 0 Å². The Hall–Kier alpha value is -2.16. The number of halogens is 3. The standard InChI is InChI=1S/C15H17F3N6/c16-15(17,18)10-23-12-6-7-13(23)9-22(8-12)14-19-20-21-24(14)11-4-2-1-3-5-11/h1-5,12-13H,6-10H2. The monoisotopic (exact) mass is 338 g/mol. The molecular weight excluding hydrogens is 321 g/mol. The van der Waals surface area contributed by atoms with Gasteiger partial charge >= 0.3 is 6.18 Å². The van der Waals surface area contributed by atoms with E-state index in [-0.39, 0.29) is 12.1 Å². The lowest BCUT2D eigenvalue weighted by Crippen LogP contribution is -2.56. The average Bonchev–Trinajstić information content (AvgIpc) is 3.10. The molecule has 2 aromatic rings.